The van der Waals surface area contributed by atoms with Gasteiger partial charge in [-0.25, -0.2) is 4.99 Å². The SMILES string of the molecule is CCC(CC)n1c(C)csc1=Nc1ccccc1[N+](=O)[O-]. The van der Waals surface area contributed by atoms with Crippen molar-refractivity contribution in [2.45, 2.75) is 39.7 Å². The fourth-order valence-electron chi connectivity index (χ4n) is 2.40. The van der Waals surface area contributed by atoms with E-state index in [4.69, 9.17) is 0 Å². The van der Waals surface area contributed by atoms with E-state index < -0.39 is 0 Å². The third kappa shape index (κ3) is 3.21. The summed E-state index contributed by atoms with van der Waals surface area (Å²) in [7, 11) is 0. The number of para-hydroxylation sites is 2. The lowest BCUT2D eigenvalue weighted by molar-refractivity contribution is -0.384. The molecule has 0 aliphatic carbocycles. The van der Waals surface area contributed by atoms with Gasteiger partial charge in [0.2, 0.25) is 0 Å². The van der Waals surface area contributed by atoms with Gasteiger partial charge in [0.15, 0.2) is 4.80 Å². The van der Waals surface area contributed by atoms with Crippen molar-refractivity contribution in [2.75, 3.05) is 0 Å². The maximum atomic E-state index is 11.1. The highest BCUT2D eigenvalue weighted by atomic mass is 32.1. The monoisotopic (exact) mass is 305 g/mol. The molecule has 0 atom stereocenters. The zero-order valence-corrected chi connectivity index (χ0v) is 13.3. The summed E-state index contributed by atoms with van der Waals surface area (Å²) in [5.41, 5.74) is 1.59. The van der Waals surface area contributed by atoms with E-state index in [1.807, 2.05) is 12.3 Å². The van der Waals surface area contributed by atoms with E-state index in [9.17, 15) is 10.1 Å². The van der Waals surface area contributed by atoms with E-state index in [1.54, 1.807) is 18.2 Å². The van der Waals surface area contributed by atoms with Crippen LogP contribution in [0.1, 0.15) is 38.4 Å². The van der Waals surface area contributed by atoms with Gasteiger partial charge in [0.1, 0.15) is 5.69 Å². The molecule has 2 aromatic rings. The largest absolute Gasteiger partial charge is 0.318 e. The minimum atomic E-state index is -0.388. The normalized spacial score (nSPS) is 12.1. The topological polar surface area (TPSA) is 60.4 Å². The molecule has 0 aliphatic heterocycles. The Morgan fingerprint density at radius 1 is 1.33 bits per heavy atom. The average molecular weight is 305 g/mol. The van der Waals surface area contributed by atoms with Crippen molar-refractivity contribution in [3.63, 3.8) is 0 Å². The minimum Gasteiger partial charge on any atom is -0.318 e. The first-order chi connectivity index (χ1) is 10.1. The molecule has 112 valence electrons. The summed E-state index contributed by atoms with van der Waals surface area (Å²) in [4.78, 5) is 16.1. The minimum absolute atomic E-state index is 0.0413. The molecule has 2 rings (SSSR count). The summed E-state index contributed by atoms with van der Waals surface area (Å²) < 4.78 is 2.18. The second-order valence-corrected chi connectivity index (χ2v) is 5.69. The van der Waals surface area contributed by atoms with Crippen LogP contribution in [0, 0.1) is 17.0 Å². The number of hydrogen-bond acceptors (Lipinski definition) is 4. The number of aromatic nitrogens is 1. The van der Waals surface area contributed by atoms with Crippen molar-refractivity contribution >= 4 is 22.7 Å². The number of nitrogens with zero attached hydrogens (tertiary/aromatic N) is 3. The van der Waals surface area contributed by atoms with Crippen molar-refractivity contribution in [1.82, 2.24) is 4.57 Å². The van der Waals surface area contributed by atoms with E-state index in [2.05, 4.69) is 23.4 Å². The Morgan fingerprint density at radius 2 is 2.00 bits per heavy atom. The van der Waals surface area contributed by atoms with Gasteiger partial charge in [-0.15, -0.1) is 11.3 Å². The molecule has 0 fully saturated rings. The predicted molar refractivity (Wildman–Crippen MR) is 85.0 cm³/mol. The van der Waals surface area contributed by atoms with E-state index in [0.717, 1.165) is 23.3 Å². The lowest BCUT2D eigenvalue weighted by Gasteiger charge is -2.16. The van der Waals surface area contributed by atoms with Crippen LogP contribution in [0.15, 0.2) is 34.6 Å². The fraction of sp³-hybridized carbons (Fsp3) is 0.400. The van der Waals surface area contributed by atoms with Gasteiger partial charge in [0.25, 0.3) is 5.69 Å². The van der Waals surface area contributed by atoms with Crippen LogP contribution in [0.4, 0.5) is 11.4 Å². The van der Waals surface area contributed by atoms with Crippen molar-refractivity contribution in [3.05, 3.63) is 50.3 Å². The Morgan fingerprint density at radius 3 is 2.62 bits per heavy atom. The van der Waals surface area contributed by atoms with E-state index in [1.165, 1.54) is 17.4 Å². The van der Waals surface area contributed by atoms with Crippen LogP contribution in [-0.4, -0.2) is 9.49 Å². The number of thiazole rings is 1. The lowest BCUT2D eigenvalue weighted by Crippen LogP contribution is -2.21. The Balaban J connectivity index is 2.60. The number of nitro benzene ring substituents is 1. The third-order valence-corrected chi connectivity index (χ3v) is 4.48. The molecule has 1 aromatic carbocycles. The van der Waals surface area contributed by atoms with Crippen LogP contribution >= 0.6 is 11.3 Å². The van der Waals surface area contributed by atoms with Gasteiger partial charge in [0, 0.05) is 23.2 Å². The highest BCUT2D eigenvalue weighted by molar-refractivity contribution is 7.07. The molecule has 0 N–H and O–H groups in total. The summed E-state index contributed by atoms with van der Waals surface area (Å²) in [6.45, 7) is 6.34. The highest BCUT2D eigenvalue weighted by Crippen LogP contribution is 2.26. The molecule has 0 radical (unpaired) electrons. The first-order valence-corrected chi connectivity index (χ1v) is 7.91. The molecule has 0 saturated heterocycles. The van der Waals surface area contributed by atoms with Crippen molar-refractivity contribution < 1.29 is 4.92 Å². The number of hydrogen-bond donors (Lipinski definition) is 0. The predicted octanol–water partition coefficient (Wildman–Crippen LogP) is 4.36. The molecule has 0 spiro atoms. The van der Waals surface area contributed by atoms with Crippen LogP contribution in [0.5, 0.6) is 0 Å². The summed E-state index contributed by atoms with van der Waals surface area (Å²) >= 11 is 1.52. The standard InChI is InChI=1S/C15H19N3O2S/c1-4-12(5-2)17-11(3)10-21-15(17)16-13-8-6-7-9-14(13)18(19)20/h6-10,12H,4-5H2,1-3H3. The van der Waals surface area contributed by atoms with Gasteiger partial charge < -0.3 is 4.57 Å². The third-order valence-electron chi connectivity index (χ3n) is 3.52. The van der Waals surface area contributed by atoms with Gasteiger partial charge in [-0.3, -0.25) is 10.1 Å². The Bertz CT molecular complexity index is 699. The van der Waals surface area contributed by atoms with Crippen LogP contribution in [-0.2, 0) is 0 Å². The van der Waals surface area contributed by atoms with Crippen molar-refractivity contribution in [3.8, 4) is 0 Å². The van der Waals surface area contributed by atoms with Crippen LogP contribution in [0.2, 0.25) is 0 Å². The second-order valence-electron chi connectivity index (χ2n) is 4.86. The second kappa shape index (κ2) is 6.67. The smallest absolute Gasteiger partial charge is 0.294 e. The van der Waals surface area contributed by atoms with Crippen molar-refractivity contribution in [1.29, 1.82) is 0 Å². The molecule has 0 amide bonds. The quantitative estimate of drug-likeness (QED) is 0.608. The summed E-state index contributed by atoms with van der Waals surface area (Å²) in [6.07, 6.45) is 2.02. The number of nitro groups is 1. The molecule has 21 heavy (non-hydrogen) atoms. The van der Waals surface area contributed by atoms with Gasteiger partial charge in [-0.1, -0.05) is 26.0 Å². The summed E-state index contributed by atoms with van der Waals surface area (Å²) in [5, 5.41) is 13.1. The zero-order chi connectivity index (χ0) is 15.4. The van der Waals surface area contributed by atoms with Gasteiger partial charge in [0.05, 0.1) is 4.92 Å². The van der Waals surface area contributed by atoms with E-state index >= 15 is 0 Å². The zero-order valence-electron chi connectivity index (χ0n) is 12.4. The van der Waals surface area contributed by atoms with Crippen LogP contribution in [0.3, 0.4) is 0 Å². The number of aryl methyl sites for hydroxylation is 1. The first kappa shape index (κ1) is 15.4. The van der Waals surface area contributed by atoms with Gasteiger partial charge in [-0.2, -0.15) is 0 Å². The molecule has 6 heteroatoms. The molecule has 5 nitrogen and oxygen atoms in total. The highest BCUT2D eigenvalue weighted by Gasteiger charge is 2.14. The number of rotatable bonds is 5. The van der Waals surface area contributed by atoms with E-state index in [-0.39, 0.29) is 10.6 Å². The molecule has 1 aromatic heterocycles. The van der Waals surface area contributed by atoms with Crippen LogP contribution < -0.4 is 4.80 Å². The molecule has 0 aliphatic rings. The Kier molecular flexibility index (Phi) is 4.90. The van der Waals surface area contributed by atoms with Gasteiger partial charge in [-0.05, 0) is 25.8 Å². The van der Waals surface area contributed by atoms with E-state index in [0.29, 0.717) is 11.7 Å². The Hall–Kier alpha value is -1.95. The maximum absolute atomic E-state index is 11.1. The molecule has 0 unspecified atom stereocenters. The first-order valence-electron chi connectivity index (χ1n) is 7.03. The van der Waals surface area contributed by atoms with Gasteiger partial charge >= 0.3 is 0 Å². The Labute approximate surface area is 127 Å². The molecular weight excluding hydrogens is 286 g/mol. The summed E-state index contributed by atoms with van der Waals surface area (Å²) in [6, 6.07) is 6.97. The molecular formula is C15H19N3O2S. The van der Waals surface area contributed by atoms with Crippen LogP contribution in [0.25, 0.3) is 0 Å². The average Bonchev–Trinajstić information content (AvgIpc) is 2.83. The fourth-order valence-corrected chi connectivity index (χ4v) is 3.34. The summed E-state index contributed by atoms with van der Waals surface area (Å²) in [5.74, 6) is 0. The molecule has 0 bridgehead atoms. The molecule has 1 heterocycles. The maximum Gasteiger partial charge on any atom is 0.294 e. The number of benzene rings is 1. The van der Waals surface area contributed by atoms with Crippen molar-refractivity contribution in [2.24, 2.45) is 4.99 Å². The lowest BCUT2D eigenvalue weighted by atomic mass is 10.1. The molecule has 0 saturated carbocycles.